The molecule has 0 spiro atoms. The monoisotopic (exact) mass is 323 g/mol. The van der Waals surface area contributed by atoms with E-state index in [-0.39, 0.29) is 11.7 Å². The Kier molecular flexibility index (Phi) is 6.74. The van der Waals surface area contributed by atoms with Crippen molar-refractivity contribution in [3.05, 3.63) is 65.2 Å². The molecule has 126 valence electrons. The molecule has 0 fully saturated rings. The lowest BCUT2D eigenvalue weighted by atomic mass is 10.0. The lowest BCUT2D eigenvalue weighted by molar-refractivity contribution is 0.101. The van der Waals surface area contributed by atoms with Gasteiger partial charge in [-0.25, -0.2) is 0 Å². The molecule has 0 saturated heterocycles. The van der Waals surface area contributed by atoms with Gasteiger partial charge in [-0.3, -0.25) is 9.59 Å². The van der Waals surface area contributed by atoms with Gasteiger partial charge in [0.05, 0.1) is 5.69 Å². The molecule has 3 nitrogen and oxygen atoms in total. The number of benzene rings is 2. The zero-order valence-corrected chi connectivity index (χ0v) is 14.5. The maximum Gasteiger partial charge on any atom is 0.255 e. The molecule has 2 aromatic carbocycles. The molecule has 2 aromatic rings. The Morgan fingerprint density at radius 1 is 0.917 bits per heavy atom. The van der Waals surface area contributed by atoms with E-state index in [9.17, 15) is 9.59 Å². The highest BCUT2D eigenvalue weighted by molar-refractivity contribution is 6.08. The molecule has 0 aliphatic rings. The van der Waals surface area contributed by atoms with Crippen LogP contribution in [-0.4, -0.2) is 11.7 Å². The first-order chi connectivity index (χ1) is 11.6. The Balaban J connectivity index is 1.99. The number of aryl methyl sites for hydroxylation is 1. The molecule has 1 amide bonds. The van der Waals surface area contributed by atoms with Crippen molar-refractivity contribution in [3.8, 4) is 0 Å². The standard InChI is InChI=1S/C21H25NO2/c1-3-4-5-6-9-17-12-14-18(15-13-17)21(24)22-20-11-8-7-10-19(20)16(2)23/h7-8,10-15H,3-6,9H2,1-2H3,(H,22,24). The molecular formula is C21H25NO2. The predicted octanol–water partition coefficient (Wildman–Crippen LogP) is 5.26. The third kappa shape index (κ3) is 5.05. The second kappa shape index (κ2) is 9.02. The number of ketones is 1. The van der Waals surface area contributed by atoms with Crippen LogP contribution in [0, 0.1) is 0 Å². The van der Waals surface area contributed by atoms with Crippen LogP contribution >= 0.6 is 0 Å². The highest BCUT2D eigenvalue weighted by Gasteiger charge is 2.11. The number of rotatable bonds is 8. The van der Waals surface area contributed by atoms with Gasteiger partial charge in [-0.1, -0.05) is 50.5 Å². The molecule has 3 heteroatoms. The Morgan fingerprint density at radius 3 is 2.29 bits per heavy atom. The van der Waals surface area contributed by atoms with Gasteiger partial charge >= 0.3 is 0 Å². The quantitative estimate of drug-likeness (QED) is 0.532. The highest BCUT2D eigenvalue weighted by atomic mass is 16.1. The number of hydrogen-bond acceptors (Lipinski definition) is 2. The zero-order valence-electron chi connectivity index (χ0n) is 14.5. The summed E-state index contributed by atoms with van der Waals surface area (Å²) >= 11 is 0. The first-order valence-corrected chi connectivity index (χ1v) is 8.62. The molecule has 1 N–H and O–H groups in total. The van der Waals surface area contributed by atoms with E-state index in [1.54, 1.807) is 24.3 Å². The summed E-state index contributed by atoms with van der Waals surface area (Å²) in [6, 6.07) is 14.8. The van der Waals surface area contributed by atoms with Crippen LogP contribution in [0.1, 0.15) is 65.8 Å². The molecular weight excluding hydrogens is 298 g/mol. The zero-order chi connectivity index (χ0) is 17.4. The molecule has 0 unspecified atom stereocenters. The Bertz CT molecular complexity index is 689. The number of Topliss-reactive ketones (excluding diaryl/α,β-unsaturated/α-hetero) is 1. The third-order valence-electron chi connectivity index (χ3n) is 4.09. The summed E-state index contributed by atoms with van der Waals surface area (Å²) in [5.41, 5.74) is 2.94. The molecule has 0 aliphatic carbocycles. The number of carbonyl (C=O) groups is 2. The summed E-state index contributed by atoms with van der Waals surface area (Å²) in [7, 11) is 0. The van der Waals surface area contributed by atoms with Crippen LogP contribution in [0.5, 0.6) is 0 Å². The minimum Gasteiger partial charge on any atom is -0.321 e. The van der Waals surface area contributed by atoms with E-state index in [1.165, 1.54) is 38.2 Å². The van der Waals surface area contributed by atoms with Gasteiger partial charge in [0, 0.05) is 11.1 Å². The van der Waals surface area contributed by atoms with Crippen molar-refractivity contribution >= 4 is 17.4 Å². The number of carbonyl (C=O) groups excluding carboxylic acids is 2. The number of para-hydroxylation sites is 1. The molecule has 24 heavy (non-hydrogen) atoms. The average molecular weight is 323 g/mol. The van der Waals surface area contributed by atoms with E-state index in [1.807, 2.05) is 24.3 Å². The smallest absolute Gasteiger partial charge is 0.255 e. The Labute approximate surface area is 144 Å². The Morgan fingerprint density at radius 2 is 1.62 bits per heavy atom. The minimum absolute atomic E-state index is 0.0617. The highest BCUT2D eigenvalue weighted by Crippen LogP contribution is 2.17. The molecule has 0 saturated carbocycles. The van der Waals surface area contributed by atoms with Gasteiger partial charge in [0.1, 0.15) is 0 Å². The normalized spacial score (nSPS) is 10.4. The van der Waals surface area contributed by atoms with Crippen LogP contribution < -0.4 is 5.32 Å². The van der Waals surface area contributed by atoms with E-state index in [2.05, 4.69) is 12.2 Å². The molecule has 0 bridgehead atoms. The number of nitrogens with one attached hydrogen (secondary N) is 1. The lowest BCUT2D eigenvalue weighted by Crippen LogP contribution is -2.14. The second-order valence-corrected chi connectivity index (χ2v) is 6.06. The molecule has 0 atom stereocenters. The van der Waals surface area contributed by atoms with Crippen molar-refractivity contribution in [2.75, 3.05) is 5.32 Å². The van der Waals surface area contributed by atoms with Crippen LogP contribution in [0.3, 0.4) is 0 Å². The van der Waals surface area contributed by atoms with Crippen LogP contribution in [0.2, 0.25) is 0 Å². The number of amides is 1. The van der Waals surface area contributed by atoms with E-state index < -0.39 is 0 Å². The predicted molar refractivity (Wildman–Crippen MR) is 98.7 cm³/mol. The SMILES string of the molecule is CCCCCCc1ccc(C(=O)Nc2ccccc2C(C)=O)cc1. The third-order valence-corrected chi connectivity index (χ3v) is 4.09. The van der Waals surface area contributed by atoms with Crippen molar-refractivity contribution in [2.24, 2.45) is 0 Å². The molecule has 0 aliphatic heterocycles. The summed E-state index contributed by atoms with van der Waals surface area (Å²) in [6.45, 7) is 3.70. The van der Waals surface area contributed by atoms with Crippen molar-refractivity contribution < 1.29 is 9.59 Å². The lowest BCUT2D eigenvalue weighted by Gasteiger charge is -2.09. The van der Waals surface area contributed by atoms with E-state index in [4.69, 9.17) is 0 Å². The van der Waals surface area contributed by atoms with Crippen LogP contribution in [0.4, 0.5) is 5.69 Å². The molecule has 2 rings (SSSR count). The van der Waals surface area contributed by atoms with Gasteiger partial charge in [0.15, 0.2) is 5.78 Å². The van der Waals surface area contributed by atoms with Gasteiger partial charge in [0.2, 0.25) is 0 Å². The number of unbranched alkanes of at least 4 members (excludes halogenated alkanes) is 3. The molecule has 0 aromatic heterocycles. The topological polar surface area (TPSA) is 46.2 Å². The minimum atomic E-state index is -0.193. The van der Waals surface area contributed by atoms with Gasteiger partial charge in [0.25, 0.3) is 5.91 Å². The van der Waals surface area contributed by atoms with Crippen molar-refractivity contribution in [1.29, 1.82) is 0 Å². The van der Waals surface area contributed by atoms with Gasteiger partial charge in [-0.05, 0) is 49.6 Å². The number of hydrogen-bond donors (Lipinski definition) is 1. The van der Waals surface area contributed by atoms with E-state index in [0.717, 1.165) is 6.42 Å². The summed E-state index contributed by atoms with van der Waals surface area (Å²) in [6.07, 6.45) is 6.00. The van der Waals surface area contributed by atoms with Gasteiger partial charge in [-0.15, -0.1) is 0 Å². The Hall–Kier alpha value is -2.42. The fraction of sp³-hybridized carbons (Fsp3) is 0.333. The average Bonchev–Trinajstić information content (AvgIpc) is 2.59. The van der Waals surface area contributed by atoms with Crippen molar-refractivity contribution in [2.45, 2.75) is 46.0 Å². The van der Waals surface area contributed by atoms with Crippen LogP contribution in [0.25, 0.3) is 0 Å². The summed E-state index contributed by atoms with van der Waals surface area (Å²) in [4.78, 5) is 24.0. The summed E-state index contributed by atoms with van der Waals surface area (Å²) in [5, 5.41) is 2.83. The maximum atomic E-state index is 12.4. The van der Waals surface area contributed by atoms with E-state index in [0.29, 0.717) is 16.8 Å². The first kappa shape index (κ1) is 17.9. The number of anilines is 1. The largest absolute Gasteiger partial charge is 0.321 e. The van der Waals surface area contributed by atoms with Crippen molar-refractivity contribution in [3.63, 3.8) is 0 Å². The fourth-order valence-corrected chi connectivity index (χ4v) is 2.67. The van der Waals surface area contributed by atoms with Crippen LogP contribution in [-0.2, 0) is 6.42 Å². The second-order valence-electron chi connectivity index (χ2n) is 6.06. The van der Waals surface area contributed by atoms with E-state index >= 15 is 0 Å². The van der Waals surface area contributed by atoms with Crippen LogP contribution in [0.15, 0.2) is 48.5 Å². The summed E-state index contributed by atoms with van der Waals surface area (Å²) < 4.78 is 0. The fourth-order valence-electron chi connectivity index (χ4n) is 2.67. The molecule has 0 radical (unpaired) electrons. The first-order valence-electron chi connectivity index (χ1n) is 8.62. The van der Waals surface area contributed by atoms with Crippen molar-refractivity contribution in [1.82, 2.24) is 0 Å². The van der Waals surface area contributed by atoms with Gasteiger partial charge in [-0.2, -0.15) is 0 Å². The van der Waals surface area contributed by atoms with Gasteiger partial charge < -0.3 is 5.32 Å². The maximum absolute atomic E-state index is 12.4. The summed E-state index contributed by atoms with van der Waals surface area (Å²) in [5.74, 6) is -0.255. The molecule has 0 heterocycles.